The Morgan fingerprint density at radius 2 is 1.91 bits per heavy atom. The van der Waals surface area contributed by atoms with Crippen LogP contribution in [0.1, 0.15) is 65.7 Å². The van der Waals surface area contributed by atoms with Gasteiger partial charge in [0.2, 0.25) is 5.28 Å². The highest BCUT2D eigenvalue weighted by atomic mass is 35.5. The number of esters is 1. The lowest BCUT2D eigenvalue weighted by Gasteiger charge is -2.26. The molecule has 0 fully saturated rings. The minimum absolute atomic E-state index is 0.000369. The zero-order chi connectivity index (χ0) is 26.0. The molecule has 0 radical (unpaired) electrons. The second-order valence-corrected chi connectivity index (χ2v) is 7.78. The first kappa shape index (κ1) is 31.2. The van der Waals surface area contributed by atoms with Crippen LogP contribution in [0.4, 0.5) is 5.82 Å². The second kappa shape index (κ2) is 17.6. The zero-order valence-electron chi connectivity index (χ0n) is 20.6. The van der Waals surface area contributed by atoms with E-state index in [2.05, 4.69) is 29.7 Å². The van der Waals surface area contributed by atoms with Gasteiger partial charge in [-0.1, -0.05) is 52.4 Å². The van der Waals surface area contributed by atoms with Gasteiger partial charge in [0, 0.05) is 32.7 Å². The Hall–Kier alpha value is -2.83. The number of nitrogens with two attached hydrogens (primary N) is 1. The molecule has 34 heavy (non-hydrogen) atoms. The summed E-state index contributed by atoms with van der Waals surface area (Å²) in [5.74, 6) is 2.66. The summed E-state index contributed by atoms with van der Waals surface area (Å²) in [7, 11) is 1.50. The third-order valence-corrected chi connectivity index (χ3v) is 5.11. The largest absolute Gasteiger partial charge is 0.483 e. The van der Waals surface area contributed by atoms with Gasteiger partial charge in [0.05, 0.1) is 5.39 Å². The molecule has 0 aliphatic carbocycles. The molecule has 2 aromatic heterocycles. The van der Waals surface area contributed by atoms with Gasteiger partial charge >= 0.3 is 5.97 Å². The van der Waals surface area contributed by atoms with Crippen LogP contribution in [0.3, 0.4) is 0 Å². The number of carbonyl (C=O) groups is 2. The quantitative estimate of drug-likeness (QED) is 0.198. The number of terminal acetylenes is 1. The van der Waals surface area contributed by atoms with E-state index in [1.54, 1.807) is 0 Å². The summed E-state index contributed by atoms with van der Waals surface area (Å²) < 4.78 is 12.7. The van der Waals surface area contributed by atoms with E-state index in [1.807, 2.05) is 23.8 Å². The fraction of sp³-hybridized carbons (Fsp3) is 0.583. The number of carbonyl (C=O) groups excluding carboxylic acids is 1. The molecule has 9 nitrogen and oxygen atoms in total. The van der Waals surface area contributed by atoms with Crippen molar-refractivity contribution in [3.05, 3.63) is 17.5 Å². The second-order valence-electron chi connectivity index (χ2n) is 7.44. The number of carboxylic acid groups (broad SMARTS) is 1. The standard InChI is InChI=1S/C18H23ClN4O3.C5H12.CH2O2/c1-4-6-7-14(24)26-12-18(5-2,25-3)9-11-23-10-8-13-15(20)21-17(19)22-16(13)23;1-3-5-4-2;2-1-3/h2,8,10H,4,6-7,9,11-12H2,1,3H3,(H2,20,21,22);3-5H2,1-2H3;1H,(H,2,3). The van der Waals surface area contributed by atoms with Crippen LogP contribution >= 0.6 is 11.6 Å². The van der Waals surface area contributed by atoms with Crippen LogP contribution in [0.5, 0.6) is 0 Å². The zero-order valence-corrected chi connectivity index (χ0v) is 21.3. The van der Waals surface area contributed by atoms with Gasteiger partial charge in [0.15, 0.2) is 5.60 Å². The SMILES string of the molecule is C#CC(CCn1ccc2c(N)nc(Cl)nc21)(COC(=O)CCCC)OC.CCCCC.O=CO. The fourth-order valence-electron chi connectivity index (χ4n) is 2.89. The topological polar surface area (TPSA) is 130 Å². The molecule has 1 atom stereocenters. The van der Waals surface area contributed by atoms with Crippen molar-refractivity contribution in [2.75, 3.05) is 19.5 Å². The Bertz CT molecular complexity index is 911. The van der Waals surface area contributed by atoms with Crippen molar-refractivity contribution < 1.29 is 24.2 Å². The van der Waals surface area contributed by atoms with Gasteiger partial charge in [-0.25, -0.2) is 4.98 Å². The number of aryl methyl sites for hydroxylation is 1. The lowest BCUT2D eigenvalue weighted by atomic mass is 10.0. The smallest absolute Gasteiger partial charge is 0.305 e. The molecule has 2 aromatic rings. The van der Waals surface area contributed by atoms with Gasteiger partial charge in [-0.2, -0.15) is 4.98 Å². The van der Waals surface area contributed by atoms with Gasteiger partial charge in [-0.3, -0.25) is 9.59 Å². The third kappa shape index (κ3) is 10.9. The molecule has 1 unspecified atom stereocenters. The predicted octanol–water partition coefficient (Wildman–Crippen LogP) is 4.71. The Kier molecular flexibility index (Phi) is 16.2. The molecule has 0 aromatic carbocycles. The van der Waals surface area contributed by atoms with Crippen molar-refractivity contribution in [1.82, 2.24) is 14.5 Å². The minimum Gasteiger partial charge on any atom is -0.483 e. The first-order valence-corrected chi connectivity index (χ1v) is 11.7. The summed E-state index contributed by atoms with van der Waals surface area (Å²) in [5, 5.41) is 7.68. The number of ether oxygens (including phenoxy) is 2. The van der Waals surface area contributed by atoms with Crippen molar-refractivity contribution in [3.63, 3.8) is 0 Å². The maximum atomic E-state index is 11.8. The highest BCUT2D eigenvalue weighted by Gasteiger charge is 2.29. The van der Waals surface area contributed by atoms with Crippen LogP contribution in [0.25, 0.3) is 11.0 Å². The number of aromatic nitrogens is 3. The summed E-state index contributed by atoms with van der Waals surface area (Å²) in [6, 6.07) is 1.82. The lowest BCUT2D eigenvalue weighted by Crippen LogP contribution is -2.37. The van der Waals surface area contributed by atoms with Crippen LogP contribution in [0, 0.1) is 12.3 Å². The molecule has 190 valence electrons. The van der Waals surface area contributed by atoms with E-state index in [-0.39, 0.29) is 24.3 Å². The first-order valence-electron chi connectivity index (χ1n) is 11.3. The molecule has 0 aliphatic rings. The Labute approximate surface area is 207 Å². The molecule has 2 rings (SSSR count). The Balaban J connectivity index is 0.00000118. The van der Waals surface area contributed by atoms with E-state index >= 15 is 0 Å². The monoisotopic (exact) mass is 496 g/mol. The molecule has 10 heteroatoms. The molecular formula is C24H37ClN4O5. The molecule has 0 saturated carbocycles. The summed E-state index contributed by atoms with van der Waals surface area (Å²) in [4.78, 5) is 28.3. The average molecular weight is 497 g/mol. The predicted molar refractivity (Wildman–Crippen MR) is 135 cm³/mol. The van der Waals surface area contributed by atoms with Crippen LogP contribution in [-0.4, -0.2) is 51.4 Å². The number of nitrogen functional groups attached to an aromatic ring is 1. The van der Waals surface area contributed by atoms with E-state index in [0.717, 1.165) is 12.8 Å². The van der Waals surface area contributed by atoms with Crippen LogP contribution in [0.15, 0.2) is 12.3 Å². The highest BCUT2D eigenvalue weighted by molar-refractivity contribution is 6.28. The summed E-state index contributed by atoms with van der Waals surface area (Å²) >= 11 is 5.89. The van der Waals surface area contributed by atoms with Crippen molar-refractivity contribution in [2.45, 2.75) is 77.9 Å². The Morgan fingerprint density at radius 3 is 2.41 bits per heavy atom. The van der Waals surface area contributed by atoms with Crippen molar-refractivity contribution >= 4 is 40.9 Å². The van der Waals surface area contributed by atoms with Gasteiger partial charge in [-0.05, 0) is 24.1 Å². The maximum Gasteiger partial charge on any atom is 0.305 e. The van der Waals surface area contributed by atoms with E-state index < -0.39 is 5.60 Å². The van der Waals surface area contributed by atoms with Gasteiger partial charge in [0.1, 0.15) is 18.1 Å². The number of unbranched alkanes of at least 4 members (excludes halogenated alkanes) is 3. The maximum absolute atomic E-state index is 11.8. The molecule has 3 N–H and O–H groups in total. The van der Waals surface area contributed by atoms with Gasteiger partial charge in [-0.15, -0.1) is 6.42 Å². The summed E-state index contributed by atoms with van der Waals surface area (Å²) in [6.45, 7) is 6.67. The van der Waals surface area contributed by atoms with Crippen LogP contribution in [0.2, 0.25) is 5.28 Å². The molecule has 0 saturated heterocycles. The lowest BCUT2D eigenvalue weighted by molar-refractivity contribution is -0.150. The number of hydrogen-bond acceptors (Lipinski definition) is 7. The van der Waals surface area contributed by atoms with E-state index in [0.29, 0.717) is 36.2 Å². The van der Waals surface area contributed by atoms with E-state index in [1.165, 1.54) is 26.4 Å². The number of nitrogens with zero attached hydrogens (tertiary/aromatic N) is 3. The third-order valence-electron chi connectivity index (χ3n) is 4.94. The number of fused-ring (bicyclic) bond motifs is 1. The molecular weight excluding hydrogens is 460 g/mol. The molecule has 0 spiro atoms. The molecule has 0 aliphatic heterocycles. The Morgan fingerprint density at radius 1 is 1.29 bits per heavy atom. The van der Waals surface area contributed by atoms with Gasteiger partial charge < -0.3 is 24.9 Å². The van der Waals surface area contributed by atoms with Crippen molar-refractivity contribution in [2.24, 2.45) is 0 Å². The number of methoxy groups -OCH3 is 1. The van der Waals surface area contributed by atoms with Crippen molar-refractivity contribution in [3.8, 4) is 12.3 Å². The average Bonchev–Trinajstić information content (AvgIpc) is 3.23. The number of halogens is 1. The molecule has 0 amide bonds. The van der Waals surface area contributed by atoms with Crippen LogP contribution in [-0.2, 0) is 25.6 Å². The van der Waals surface area contributed by atoms with E-state index in [4.69, 9.17) is 43.1 Å². The number of anilines is 1. The summed E-state index contributed by atoms with van der Waals surface area (Å²) in [5.41, 5.74) is 5.46. The van der Waals surface area contributed by atoms with Crippen molar-refractivity contribution in [1.29, 1.82) is 0 Å². The fourth-order valence-corrected chi connectivity index (χ4v) is 3.06. The molecule has 2 heterocycles. The first-order chi connectivity index (χ1) is 16.3. The van der Waals surface area contributed by atoms with Gasteiger partial charge in [0.25, 0.3) is 6.47 Å². The van der Waals surface area contributed by atoms with Crippen LogP contribution < -0.4 is 5.73 Å². The number of rotatable bonds is 11. The summed E-state index contributed by atoms with van der Waals surface area (Å²) in [6.07, 6.45) is 14.1. The normalized spacial score (nSPS) is 11.8. The minimum atomic E-state index is -1.01. The highest BCUT2D eigenvalue weighted by Crippen LogP contribution is 2.23. The van der Waals surface area contributed by atoms with E-state index in [9.17, 15) is 4.79 Å². The molecule has 0 bridgehead atoms. The number of hydrogen-bond donors (Lipinski definition) is 2.